The van der Waals surface area contributed by atoms with E-state index in [1.54, 1.807) is 10.9 Å². The Hall–Kier alpha value is -1.82. The highest BCUT2D eigenvalue weighted by Crippen LogP contribution is 2.30. The van der Waals surface area contributed by atoms with Crippen molar-refractivity contribution in [1.82, 2.24) is 19.6 Å². The maximum absolute atomic E-state index is 12.3. The van der Waals surface area contributed by atoms with E-state index >= 15 is 0 Å². The molecule has 3 rings (SSSR count). The monoisotopic (exact) mass is 293 g/mol. The zero-order valence-corrected chi connectivity index (χ0v) is 12.0. The third-order valence-corrected chi connectivity index (χ3v) is 3.78. The molecule has 1 fully saturated rings. The van der Waals surface area contributed by atoms with E-state index in [1.165, 1.54) is 23.7 Å². The van der Waals surface area contributed by atoms with Crippen LogP contribution in [-0.4, -0.2) is 19.6 Å². The largest absolute Gasteiger partial charge is 0.374 e. The van der Waals surface area contributed by atoms with Crippen LogP contribution >= 0.6 is 11.6 Å². The molecule has 1 aliphatic carbocycles. The Morgan fingerprint density at radius 1 is 1.45 bits per heavy atom. The maximum atomic E-state index is 12.3. The van der Waals surface area contributed by atoms with Crippen molar-refractivity contribution in [3.05, 3.63) is 39.5 Å². The van der Waals surface area contributed by atoms with E-state index < -0.39 is 0 Å². The molecule has 0 atom stereocenters. The molecule has 6 nitrogen and oxygen atoms in total. The summed E-state index contributed by atoms with van der Waals surface area (Å²) in [4.78, 5) is 12.3. The molecule has 0 aliphatic heterocycles. The van der Waals surface area contributed by atoms with Gasteiger partial charge in [-0.2, -0.15) is 10.2 Å². The molecule has 0 unspecified atom stereocenters. The lowest BCUT2D eigenvalue weighted by Gasteiger charge is -2.10. The summed E-state index contributed by atoms with van der Waals surface area (Å²) in [5.74, 6) is 0.589. The van der Waals surface area contributed by atoms with Gasteiger partial charge in [0.25, 0.3) is 5.56 Å². The first-order chi connectivity index (χ1) is 9.65. The molecule has 0 radical (unpaired) electrons. The molecule has 0 aromatic carbocycles. The summed E-state index contributed by atoms with van der Waals surface area (Å²) < 4.78 is 3.25. The van der Waals surface area contributed by atoms with Crippen LogP contribution in [0.3, 0.4) is 0 Å². The average molecular weight is 294 g/mol. The van der Waals surface area contributed by atoms with Gasteiger partial charge in [-0.05, 0) is 24.8 Å². The second-order valence-corrected chi connectivity index (χ2v) is 5.51. The van der Waals surface area contributed by atoms with Crippen molar-refractivity contribution in [2.75, 3.05) is 5.32 Å². The molecule has 106 valence electrons. The number of anilines is 1. The van der Waals surface area contributed by atoms with E-state index in [0.29, 0.717) is 29.7 Å². The Morgan fingerprint density at radius 3 is 2.90 bits per heavy atom. The molecule has 0 amide bonds. The molecular weight excluding hydrogens is 278 g/mol. The van der Waals surface area contributed by atoms with Crippen LogP contribution in [0, 0.1) is 5.92 Å². The van der Waals surface area contributed by atoms with E-state index in [0.717, 1.165) is 5.69 Å². The van der Waals surface area contributed by atoms with Crippen molar-refractivity contribution in [3.8, 4) is 0 Å². The highest BCUT2D eigenvalue weighted by molar-refractivity contribution is 6.32. The number of rotatable bonds is 5. The fraction of sp³-hybridized carbons (Fsp3) is 0.462. The molecule has 0 bridgehead atoms. The van der Waals surface area contributed by atoms with Crippen LogP contribution in [0.15, 0.2) is 23.3 Å². The minimum atomic E-state index is -0.161. The second kappa shape index (κ2) is 5.28. The quantitative estimate of drug-likeness (QED) is 0.910. The zero-order valence-electron chi connectivity index (χ0n) is 11.2. The van der Waals surface area contributed by atoms with Crippen molar-refractivity contribution in [2.24, 2.45) is 13.0 Å². The number of aromatic nitrogens is 4. The van der Waals surface area contributed by atoms with Gasteiger partial charge in [0.1, 0.15) is 5.69 Å². The van der Waals surface area contributed by atoms with Gasteiger partial charge < -0.3 is 5.32 Å². The van der Waals surface area contributed by atoms with Crippen molar-refractivity contribution < 1.29 is 0 Å². The molecule has 1 aliphatic rings. The molecule has 0 spiro atoms. The van der Waals surface area contributed by atoms with Crippen molar-refractivity contribution >= 4 is 17.3 Å². The van der Waals surface area contributed by atoms with E-state index in [4.69, 9.17) is 11.6 Å². The van der Waals surface area contributed by atoms with E-state index in [1.807, 2.05) is 13.1 Å². The summed E-state index contributed by atoms with van der Waals surface area (Å²) in [6.45, 7) is 1.18. The third kappa shape index (κ3) is 2.70. The predicted molar refractivity (Wildman–Crippen MR) is 76.8 cm³/mol. The lowest BCUT2D eigenvalue weighted by molar-refractivity contribution is 0.534. The molecule has 7 heteroatoms. The summed E-state index contributed by atoms with van der Waals surface area (Å²) in [6, 6.07) is 1.89. The molecule has 20 heavy (non-hydrogen) atoms. The van der Waals surface area contributed by atoms with Crippen LogP contribution < -0.4 is 10.9 Å². The molecule has 0 saturated heterocycles. The van der Waals surface area contributed by atoms with Gasteiger partial charge in [0.2, 0.25) is 0 Å². The second-order valence-electron chi connectivity index (χ2n) is 5.10. The molecule has 1 saturated carbocycles. The van der Waals surface area contributed by atoms with Crippen LogP contribution in [0.25, 0.3) is 0 Å². The van der Waals surface area contributed by atoms with Gasteiger partial charge >= 0.3 is 0 Å². The summed E-state index contributed by atoms with van der Waals surface area (Å²) in [5.41, 5.74) is 1.22. The minimum Gasteiger partial charge on any atom is -0.374 e. The van der Waals surface area contributed by atoms with Crippen LogP contribution in [-0.2, 0) is 20.1 Å². The highest BCUT2D eigenvalue weighted by atomic mass is 35.5. The summed E-state index contributed by atoms with van der Waals surface area (Å²) in [6.07, 6.45) is 5.59. The Labute approximate surface area is 121 Å². The first-order valence-electron chi connectivity index (χ1n) is 6.61. The van der Waals surface area contributed by atoms with Gasteiger partial charge in [-0.3, -0.25) is 9.48 Å². The number of nitrogens with one attached hydrogen (secondary N) is 1. The normalized spacial score (nSPS) is 14.5. The number of aryl methyl sites for hydroxylation is 1. The molecule has 1 N–H and O–H groups in total. The fourth-order valence-corrected chi connectivity index (χ4v) is 2.25. The highest BCUT2D eigenvalue weighted by Gasteiger charge is 2.23. The third-order valence-electron chi connectivity index (χ3n) is 3.49. The summed E-state index contributed by atoms with van der Waals surface area (Å²) >= 11 is 6.07. The minimum absolute atomic E-state index is 0.161. The number of halogens is 1. The van der Waals surface area contributed by atoms with Crippen molar-refractivity contribution in [2.45, 2.75) is 25.9 Å². The molecule has 2 aromatic heterocycles. The van der Waals surface area contributed by atoms with Crippen LogP contribution in [0.4, 0.5) is 5.69 Å². The maximum Gasteiger partial charge on any atom is 0.291 e. The van der Waals surface area contributed by atoms with Gasteiger partial charge in [0, 0.05) is 19.8 Å². The number of hydrogen-bond donors (Lipinski definition) is 1. The Morgan fingerprint density at radius 2 is 2.25 bits per heavy atom. The summed E-state index contributed by atoms with van der Waals surface area (Å²) in [7, 11) is 1.86. The Balaban J connectivity index is 1.80. The fourth-order valence-electron chi connectivity index (χ4n) is 2.06. The van der Waals surface area contributed by atoms with Gasteiger partial charge in [-0.15, -0.1) is 0 Å². The summed E-state index contributed by atoms with van der Waals surface area (Å²) in [5, 5.41) is 11.6. The lowest BCUT2D eigenvalue weighted by Crippen LogP contribution is -2.27. The van der Waals surface area contributed by atoms with Crippen LogP contribution in [0.5, 0.6) is 0 Å². The Kier molecular flexibility index (Phi) is 3.48. The SMILES string of the molecule is Cn1nccc1CNc1c(Cl)cnn(CC2CC2)c1=O. The first kappa shape index (κ1) is 13.2. The zero-order chi connectivity index (χ0) is 14.1. The predicted octanol–water partition coefficient (Wildman–Crippen LogP) is 1.65. The smallest absolute Gasteiger partial charge is 0.291 e. The van der Waals surface area contributed by atoms with Crippen LogP contribution in [0.2, 0.25) is 5.02 Å². The number of hydrogen-bond acceptors (Lipinski definition) is 4. The van der Waals surface area contributed by atoms with Crippen molar-refractivity contribution in [1.29, 1.82) is 0 Å². The standard InChI is InChI=1S/C13H16ClN5O/c1-18-10(4-5-16-18)6-15-12-11(14)7-17-19(13(12)20)8-9-2-3-9/h4-5,7,9,15H,2-3,6,8H2,1H3. The lowest BCUT2D eigenvalue weighted by atomic mass is 10.3. The van der Waals surface area contributed by atoms with Gasteiger partial charge in [-0.25, -0.2) is 4.68 Å². The molecule has 2 heterocycles. The van der Waals surface area contributed by atoms with E-state index in [9.17, 15) is 4.79 Å². The Bertz CT molecular complexity index is 674. The van der Waals surface area contributed by atoms with Crippen molar-refractivity contribution in [3.63, 3.8) is 0 Å². The van der Waals surface area contributed by atoms with Crippen LogP contribution in [0.1, 0.15) is 18.5 Å². The molecular formula is C13H16ClN5O. The van der Waals surface area contributed by atoms with Gasteiger partial charge in [0.15, 0.2) is 0 Å². The van der Waals surface area contributed by atoms with E-state index in [2.05, 4.69) is 15.5 Å². The number of nitrogens with zero attached hydrogens (tertiary/aromatic N) is 4. The average Bonchev–Trinajstić information content (AvgIpc) is 3.15. The topological polar surface area (TPSA) is 64.7 Å². The van der Waals surface area contributed by atoms with E-state index in [-0.39, 0.29) is 5.56 Å². The van der Waals surface area contributed by atoms with Gasteiger partial charge in [-0.1, -0.05) is 11.6 Å². The molecule has 2 aromatic rings. The van der Waals surface area contributed by atoms with Gasteiger partial charge in [0.05, 0.1) is 23.5 Å². The first-order valence-corrected chi connectivity index (χ1v) is 6.99.